The van der Waals surface area contributed by atoms with Crippen LogP contribution in [0.4, 0.5) is 0 Å². The summed E-state index contributed by atoms with van der Waals surface area (Å²) in [5, 5.41) is 14.3. The Morgan fingerprint density at radius 3 is 2.27 bits per heavy atom. The summed E-state index contributed by atoms with van der Waals surface area (Å²) in [6.07, 6.45) is 0.625. The summed E-state index contributed by atoms with van der Waals surface area (Å²) in [6.45, 7) is 0. The molecule has 2 N–H and O–H groups in total. The predicted molar refractivity (Wildman–Crippen MR) is 102 cm³/mol. The number of fused-ring (bicyclic) bond motifs is 1. The van der Waals surface area contributed by atoms with Gasteiger partial charge >= 0.3 is 5.97 Å². The molecule has 0 aliphatic rings. The topological polar surface area (TPSA) is 66.4 Å². The van der Waals surface area contributed by atoms with Crippen LogP contribution in [0.3, 0.4) is 0 Å². The Kier molecular flexibility index (Phi) is 5.64. The number of carboxylic acid groups (broad SMARTS) is 1. The molecule has 0 aromatic heterocycles. The molecular formula is C22H21NO3. The third-order valence-corrected chi connectivity index (χ3v) is 4.29. The van der Waals surface area contributed by atoms with Gasteiger partial charge in [-0.3, -0.25) is 9.59 Å². The average Bonchev–Trinajstić information content (AvgIpc) is 2.61. The van der Waals surface area contributed by atoms with E-state index < -0.39 is 12.0 Å². The number of amides is 1. The van der Waals surface area contributed by atoms with E-state index in [9.17, 15) is 14.7 Å². The molecule has 1 amide bonds. The Morgan fingerprint density at radius 2 is 1.54 bits per heavy atom. The molecule has 0 heterocycles. The third kappa shape index (κ3) is 4.93. The lowest BCUT2D eigenvalue weighted by atomic mass is 9.99. The summed E-state index contributed by atoms with van der Waals surface area (Å²) in [5.41, 5.74) is 1.92. The first kappa shape index (κ1) is 17.7. The minimum absolute atomic E-state index is 0.104. The van der Waals surface area contributed by atoms with Crippen molar-refractivity contribution in [2.45, 2.75) is 25.3 Å². The summed E-state index contributed by atoms with van der Waals surface area (Å²) in [5.74, 6) is -1.08. The second-order valence-corrected chi connectivity index (χ2v) is 6.41. The van der Waals surface area contributed by atoms with E-state index in [-0.39, 0.29) is 18.7 Å². The monoisotopic (exact) mass is 347 g/mol. The Balaban J connectivity index is 1.70. The number of hydrogen-bond acceptors (Lipinski definition) is 2. The molecule has 26 heavy (non-hydrogen) atoms. The van der Waals surface area contributed by atoms with Crippen molar-refractivity contribution in [2.24, 2.45) is 0 Å². The molecule has 0 saturated heterocycles. The van der Waals surface area contributed by atoms with Crippen LogP contribution in [-0.2, 0) is 22.4 Å². The Labute approximate surface area is 152 Å². The van der Waals surface area contributed by atoms with Crippen LogP contribution in [0.2, 0.25) is 0 Å². The highest BCUT2D eigenvalue weighted by atomic mass is 16.4. The maximum atomic E-state index is 12.3. The fraction of sp³-hybridized carbons (Fsp3) is 0.182. The van der Waals surface area contributed by atoms with Crippen molar-refractivity contribution in [1.29, 1.82) is 0 Å². The molecule has 0 aliphatic carbocycles. The van der Waals surface area contributed by atoms with Gasteiger partial charge in [0.05, 0.1) is 12.8 Å². The van der Waals surface area contributed by atoms with Crippen LogP contribution >= 0.6 is 0 Å². The van der Waals surface area contributed by atoms with Crippen molar-refractivity contribution in [3.8, 4) is 0 Å². The van der Waals surface area contributed by atoms with Crippen LogP contribution in [0, 0.1) is 0 Å². The maximum Gasteiger partial charge on any atom is 0.305 e. The first-order chi connectivity index (χ1) is 12.6. The van der Waals surface area contributed by atoms with Crippen molar-refractivity contribution < 1.29 is 14.7 Å². The van der Waals surface area contributed by atoms with Crippen LogP contribution in [-0.4, -0.2) is 23.0 Å². The van der Waals surface area contributed by atoms with E-state index in [0.717, 1.165) is 21.9 Å². The molecule has 0 saturated carbocycles. The number of benzene rings is 3. The predicted octanol–water partition coefficient (Wildman–Crippen LogP) is 3.58. The summed E-state index contributed by atoms with van der Waals surface area (Å²) < 4.78 is 0. The molecule has 3 rings (SSSR count). The first-order valence-electron chi connectivity index (χ1n) is 8.63. The number of rotatable bonds is 7. The highest BCUT2D eigenvalue weighted by Crippen LogP contribution is 2.17. The van der Waals surface area contributed by atoms with Gasteiger partial charge in [0.25, 0.3) is 0 Å². The van der Waals surface area contributed by atoms with Crippen molar-refractivity contribution in [3.05, 3.63) is 83.9 Å². The van der Waals surface area contributed by atoms with Gasteiger partial charge in [-0.25, -0.2) is 0 Å². The summed E-state index contributed by atoms with van der Waals surface area (Å²) in [6, 6.07) is 23.1. The molecule has 3 aromatic carbocycles. The number of nitrogens with one attached hydrogen (secondary N) is 1. The highest BCUT2D eigenvalue weighted by Gasteiger charge is 2.17. The molecule has 0 radical (unpaired) electrons. The Morgan fingerprint density at radius 1 is 0.846 bits per heavy atom. The number of aliphatic carboxylic acids is 1. The molecule has 4 heteroatoms. The summed E-state index contributed by atoms with van der Waals surface area (Å²) in [4.78, 5) is 23.5. The zero-order chi connectivity index (χ0) is 18.4. The largest absolute Gasteiger partial charge is 0.481 e. The fourth-order valence-electron chi connectivity index (χ4n) is 3.10. The molecule has 132 valence electrons. The summed E-state index contributed by atoms with van der Waals surface area (Å²) >= 11 is 0. The van der Waals surface area contributed by atoms with E-state index in [4.69, 9.17) is 0 Å². The Hall–Kier alpha value is -3.14. The average molecular weight is 347 g/mol. The van der Waals surface area contributed by atoms with E-state index in [2.05, 4.69) is 5.32 Å². The van der Waals surface area contributed by atoms with Crippen LogP contribution in [0.1, 0.15) is 17.5 Å². The minimum atomic E-state index is -0.921. The van der Waals surface area contributed by atoms with Crippen molar-refractivity contribution >= 4 is 22.6 Å². The SMILES string of the molecule is O=C(O)CC(Cc1ccc2ccccc2c1)NC(=O)Cc1ccccc1. The van der Waals surface area contributed by atoms with Gasteiger partial charge in [-0.2, -0.15) is 0 Å². The highest BCUT2D eigenvalue weighted by molar-refractivity contribution is 5.83. The van der Waals surface area contributed by atoms with E-state index in [1.54, 1.807) is 0 Å². The number of carbonyl (C=O) groups is 2. The van der Waals surface area contributed by atoms with E-state index in [1.807, 2.05) is 72.8 Å². The van der Waals surface area contributed by atoms with Gasteiger partial charge in [-0.1, -0.05) is 72.8 Å². The summed E-state index contributed by atoms with van der Waals surface area (Å²) in [7, 11) is 0. The lowest BCUT2D eigenvalue weighted by Crippen LogP contribution is -2.38. The van der Waals surface area contributed by atoms with Crippen LogP contribution in [0.5, 0.6) is 0 Å². The second-order valence-electron chi connectivity index (χ2n) is 6.41. The lowest BCUT2D eigenvalue weighted by molar-refractivity contribution is -0.137. The molecule has 0 fully saturated rings. The second kappa shape index (κ2) is 8.30. The molecule has 1 atom stereocenters. The fourth-order valence-corrected chi connectivity index (χ4v) is 3.10. The van der Waals surface area contributed by atoms with Crippen LogP contribution in [0.25, 0.3) is 10.8 Å². The van der Waals surface area contributed by atoms with Gasteiger partial charge in [-0.15, -0.1) is 0 Å². The van der Waals surface area contributed by atoms with Crippen LogP contribution < -0.4 is 5.32 Å². The van der Waals surface area contributed by atoms with Gasteiger partial charge in [0.1, 0.15) is 0 Å². The molecular weight excluding hydrogens is 326 g/mol. The zero-order valence-electron chi connectivity index (χ0n) is 14.4. The van der Waals surface area contributed by atoms with E-state index in [0.29, 0.717) is 6.42 Å². The Bertz CT molecular complexity index is 905. The van der Waals surface area contributed by atoms with E-state index >= 15 is 0 Å². The third-order valence-electron chi connectivity index (χ3n) is 4.29. The zero-order valence-corrected chi connectivity index (χ0v) is 14.4. The number of carbonyl (C=O) groups excluding carboxylic acids is 1. The van der Waals surface area contributed by atoms with Gasteiger partial charge < -0.3 is 10.4 Å². The van der Waals surface area contributed by atoms with Crippen LogP contribution in [0.15, 0.2) is 72.8 Å². The van der Waals surface area contributed by atoms with Crippen molar-refractivity contribution in [3.63, 3.8) is 0 Å². The normalized spacial score (nSPS) is 11.8. The minimum Gasteiger partial charge on any atom is -0.481 e. The van der Waals surface area contributed by atoms with E-state index in [1.165, 1.54) is 0 Å². The first-order valence-corrected chi connectivity index (χ1v) is 8.63. The van der Waals surface area contributed by atoms with Gasteiger partial charge in [0.15, 0.2) is 0 Å². The van der Waals surface area contributed by atoms with Gasteiger partial charge in [0, 0.05) is 6.04 Å². The maximum absolute atomic E-state index is 12.3. The van der Waals surface area contributed by atoms with Gasteiger partial charge in [0.2, 0.25) is 5.91 Å². The molecule has 0 bridgehead atoms. The molecule has 0 spiro atoms. The number of carboxylic acids is 1. The molecule has 3 aromatic rings. The lowest BCUT2D eigenvalue weighted by Gasteiger charge is -2.17. The van der Waals surface area contributed by atoms with Crippen molar-refractivity contribution in [1.82, 2.24) is 5.32 Å². The van der Waals surface area contributed by atoms with Gasteiger partial charge in [-0.05, 0) is 28.3 Å². The molecule has 1 unspecified atom stereocenters. The molecule has 4 nitrogen and oxygen atoms in total. The molecule has 0 aliphatic heterocycles. The van der Waals surface area contributed by atoms with Crippen molar-refractivity contribution in [2.75, 3.05) is 0 Å². The smallest absolute Gasteiger partial charge is 0.305 e. The number of hydrogen-bond donors (Lipinski definition) is 2. The quantitative estimate of drug-likeness (QED) is 0.686. The standard InChI is InChI=1S/C22H21NO3/c24-21(14-16-6-2-1-3-7-16)23-20(15-22(25)26)13-17-10-11-18-8-4-5-9-19(18)12-17/h1-12,20H,13-15H2,(H,23,24)(H,25,26).